The van der Waals surface area contributed by atoms with E-state index in [0.29, 0.717) is 5.75 Å². The highest BCUT2D eigenvalue weighted by molar-refractivity contribution is 5.81. The van der Waals surface area contributed by atoms with Gasteiger partial charge in [0, 0.05) is 5.56 Å². The minimum Gasteiger partial charge on any atom is -0.496 e. The van der Waals surface area contributed by atoms with E-state index < -0.39 is 6.10 Å². The van der Waals surface area contributed by atoms with Gasteiger partial charge < -0.3 is 14.8 Å². The van der Waals surface area contributed by atoms with Crippen LogP contribution in [0.1, 0.15) is 25.5 Å². The third kappa shape index (κ3) is 4.01. The molecule has 2 aromatic rings. The minimum atomic E-state index is -0.570. The zero-order valence-electron chi connectivity index (χ0n) is 13.1. The van der Waals surface area contributed by atoms with Gasteiger partial charge in [-0.05, 0) is 32.0 Å². The van der Waals surface area contributed by atoms with E-state index in [2.05, 4.69) is 5.32 Å². The number of carbonyl (C=O) groups is 1. The lowest BCUT2D eigenvalue weighted by Gasteiger charge is -2.20. The van der Waals surface area contributed by atoms with E-state index in [1.165, 1.54) is 0 Å². The maximum atomic E-state index is 12.3. The van der Waals surface area contributed by atoms with Crippen LogP contribution in [0.25, 0.3) is 0 Å². The smallest absolute Gasteiger partial charge is 0.261 e. The molecule has 1 N–H and O–H groups in total. The molecule has 0 aromatic heterocycles. The van der Waals surface area contributed by atoms with E-state index in [4.69, 9.17) is 9.47 Å². The molecule has 0 aliphatic rings. The molecule has 0 saturated carbocycles. The zero-order chi connectivity index (χ0) is 15.9. The van der Waals surface area contributed by atoms with Gasteiger partial charge in [-0.2, -0.15) is 0 Å². The molecule has 0 fully saturated rings. The van der Waals surface area contributed by atoms with Crippen molar-refractivity contribution in [3.8, 4) is 11.5 Å². The number of nitrogens with one attached hydrogen (secondary N) is 1. The van der Waals surface area contributed by atoms with Gasteiger partial charge >= 0.3 is 0 Å². The summed E-state index contributed by atoms with van der Waals surface area (Å²) in [7, 11) is 1.62. The van der Waals surface area contributed by atoms with Gasteiger partial charge in [0.2, 0.25) is 0 Å². The number of amides is 1. The SMILES string of the molecule is COc1ccccc1C(C)NC(=O)C(C)Oc1ccccc1. The van der Waals surface area contributed by atoms with Gasteiger partial charge in [-0.3, -0.25) is 4.79 Å². The van der Waals surface area contributed by atoms with Crippen molar-refractivity contribution in [3.63, 3.8) is 0 Å². The summed E-state index contributed by atoms with van der Waals surface area (Å²) in [6, 6.07) is 16.8. The summed E-state index contributed by atoms with van der Waals surface area (Å²) in [4.78, 5) is 12.3. The number of carbonyl (C=O) groups excluding carboxylic acids is 1. The lowest BCUT2D eigenvalue weighted by molar-refractivity contribution is -0.127. The van der Waals surface area contributed by atoms with E-state index >= 15 is 0 Å². The van der Waals surface area contributed by atoms with Crippen molar-refractivity contribution in [2.75, 3.05) is 7.11 Å². The molecule has 2 atom stereocenters. The second-order valence-electron chi connectivity index (χ2n) is 5.05. The van der Waals surface area contributed by atoms with Gasteiger partial charge in [-0.25, -0.2) is 0 Å². The third-order valence-electron chi connectivity index (χ3n) is 3.39. The Balaban J connectivity index is 1.98. The molecular formula is C18H21NO3. The fourth-order valence-corrected chi connectivity index (χ4v) is 2.19. The number of benzene rings is 2. The summed E-state index contributed by atoms with van der Waals surface area (Å²) in [5, 5.41) is 2.95. The molecule has 116 valence electrons. The monoisotopic (exact) mass is 299 g/mol. The summed E-state index contributed by atoms with van der Waals surface area (Å²) in [5.41, 5.74) is 0.935. The first kappa shape index (κ1) is 15.9. The fourth-order valence-electron chi connectivity index (χ4n) is 2.19. The first-order valence-electron chi connectivity index (χ1n) is 7.27. The van der Waals surface area contributed by atoms with Gasteiger partial charge in [-0.15, -0.1) is 0 Å². The van der Waals surface area contributed by atoms with Crippen LogP contribution in [0.4, 0.5) is 0 Å². The number of hydrogen-bond donors (Lipinski definition) is 1. The predicted molar refractivity (Wildman–Crippen MR) is 86.1 cm³/mol. The highest BCUT2D eigenvalue weighted by Gasteiger charge is 2.19. The van der Waals surface area contributed by atoms with Crippen molar-refractivity contribution in [2.24, 2.45) is 0 Å². The fraction of sp³-hybridized carbons (Fsp3) is 0.278. The largest absolute Gasteiger partial charge is 0.496 e. The first-order chi connectivity index (χ1) is 10.6. The van der Waals surface area contributed by atoms with Crippen molar-refractivity contribution in [1.82, 2.24) is 5.32 Å². The second-order valence-corrected chi connectivity index (χ2v) is 5.05. The molecule has 0 aliphatic carbocycles. The highest BCUT2D eigenvalue weighted by atomic mass is 16.5. The molecule has 0 radical (unpaired) electrons. The Morgan fingerprint density at radius 3 is 2.32 bits per heavy atom. The normalized spacial score (nSPS) is 13.0. The van der Waals surface area contributed by atoms with Crippen LogP contribution in [0.2, 0.25) is 0 Å². The molecule has 0 aliphatic heterocycles. The lowest BCUT2D eigenvalue weighted by atomic mass is 10.1. The molecule has 2 unspecified atom stereocenters. The number of para-hydroxylation sites is 2. The molecule has 0 bridgehead atoms. The molecule has 4 nitrogen and oxygen atoms in total. The summed E-state index contributed by atoms with van der Waals surface area (Å²) < 4.78 is 10.9. The lowest BCUT2D eigenvalue weighted by Crippen LogP contribution is -2.37. The van der Waals surface area contributed by atoms with E-state index in [9.17, 15) is 4.79 Å². The first-order valence-corrected chi connectivity index (χ1v) is 7.27. The molecule has 1 amide bonds. The van der Waals surface area contributed by atoms with Gasteiger partial charge in [0.05, 0.1) is 13.2 Å². The Bertz CT molecular complexity index is 613. The molecule has 0 spiro atoms. The van der Waals surface area contributed by atoms with E-state index in [1.54, 1.807) is 14.0 Å². The molecule has 2 rings (SSSR count). The Morgan fingerprint density at radius 2 is 1.64 bits per heavy atom. The highest BCUT2D eigenvalue weighted by Crippen LogP contribution is 2.24. The number of hydrogen-bond acceptors (Lipinski definition) is 3. The van der Waals surface area contributed by atoms with Gasteiger partial charge in [-0.1, -0.05) is 36.4 Å². The van der Waals surface area contributed by atoms with Crippen LogP contribution >= 0.6 is 0 Å². The topological polar surface area (TPSA) is 47.6 Å². The summed E-state index contributed by atoms with van der Waals surface area (Å²) in [6.07, 6.45) is -0.570. The van der Waals surface area contributed by atoms with Crippen LogP contribution in [0.3, 0.4) is 0 Å². The molecule has 0 saturated heterocycles. The van der Waals surface area contributed by atoms with Crippen molar-refractivity contribution in [1.29, 1.82) is 0 Å². The predicted octanol–water partition coefficient (Wildman–Crippen LogP) is 3.34. The maximum absolute atomic E-state index is 12.3. The Kier molecular flexibility index (Phi) is 5.42. The van der Waals surface area contributed by atoms with Crippen LogP contribution in [-0.2, 0) is 4.79 Å². The van der Waals surface area contributed by atoms with E-state index in [1.807, 2.05) is 61.5 Å². The quantitative estimate of drug-likeness (QED) is 0.890. The second kappa shape index (κ2) is 7.50. The third-order valence-corrected chi connectivity index (χ3v) is 3.39. The van der Waals surface area contributed by atoms with Gasteiger partial charge in [0.25, 0.3) is 5.91 Å². The Morgan fingerprint density at radius 1 is 1.00 bits per heavy atom. The zero-order valence-corrected chi connectivity index (χ0v) is 13.1. The van der Waals surface area contributed by atoms with Gasteiger partial charge in [0.15, 0.2) is 6.10 Å². The van der Waals surface area contributed by atoms with Crippen molar-refractivity contribution in [3.05, 3.63) is 60.2 Å². The average Bonchev–Trinajstić information content (AvgIpc) is 2.55. The van der Waals surface area contributed by atoms with Crippen molar-refractivity contribution >= 4 is 5.91 Å². The van der Waals surface area contributed by atoms with Crippen LogP contribution in [-0.4, -0.2) is 19.1 Å². The standard InChI is InChI=1S/C18H21NO3/c1-13(16-11-7-8-12-17(16)21-3)19-18(20)14(2)22-15-9-5-4-6-10-15/h4-14H,1-3H3,(H,19,20). The van der Waals surface area contributed by atoms with Crippen molar-refractivity contribution < 1.29 is 14.3 Å². The average molecular weight is 299 g/mol. The molecule has 0 heterocycles. The summed E-state index contributed by atoms with van der Waals surface area (Å²) in [5.74, 6) is 1.27. The van der Waals surface area contributed by atoms with Crippen molar-refractivity contribution in [2.45, 2.75) is 26.0 Å². The summed E-state index contributed by atoms with van der Waals surface area (Å²) >= 11 is 0. The van der Waals surface area contributed by atoms with E-state index in [0.717, 1.165) is 11.3 Å². The van der Waals surface area contributed by atoms with Crippen LogP contribution in [0, 0.1) is 0 Å². The Labute approximate surface area is 131 Å². The van der Waals surface area contributed by atoms with Crippen LogP contribution < -0.4 is 14.8 Å². The van der Waals surface area contributed by atoms with Crippen LogP contribution in [0.5, 0.6) is 11.5 Å². The number of methoxy groups -OCH3 is 1. The summed E-state index contributed by atoms with van der Waals surface area (Å²) in [6.45, 7) is 3.66. The maximum Gasteiger partial charge on any atom is 0.261 e. The number of ether oxygens (including phenoxy) is 2. The van der Waals surface area contributed by atoms with E-state index in [-0.39, 0.29) is 11.9 Å². The molecular weight excluding hydrogens is 278 g/mol. The molecule has 4 heteroatoms. The minimum absolute atomic E-state index is 0.162. The Hall–Kier alpha value is -2.49. The number of rotatable bonds is 6. The molecule has 2 aromatic carbocycles. The van der Waals surface area contributed by atoms with Crippen LogP contribution in [0.15, 0.2) is 54.6 Å². The molecule has 22 heavy (non-hydrogen) atoms. The van der Waals surface area contributed by atoms with Gasteiger partial charge in [0.1, 0.15) is 11.5 Å².